The van der Waals surface area contributed by atoms with Gasteiger partial charge in [0.25, 0.3) is 0 Å². The van der Waals surface area contributed by atoms with E-state index in [2.05, 4.69) is 52.8 Å². The van der Waals surface area contributed by atoms with Crippen LogP contribution in [0.25, 0.3) is 10.8 Å². The summed E-state index contributed by atoms with van der Waals surface area (Å²) < 4.78 is 0. The first-order chi connectivity index (χ1) is 8.83. The van der Waals surface area contributed by atoms with E-state index in [1.807, 2.05) is 0 Å². The van der Waals surface area contributed by atoms with E-state index < -0.39 is 0 Å². The molecule has 0 saturated carbocycles. The minimum absolute atomic E-state index is 0.732. The highest BCUT2D eigenvalue weighted by atomic mass is 32.1. The highest BCUT2D eigenvalue weighted by molar-refractivity contribution is 7.19. The van der Waals surface area contributed by atoms with Crippen LogP contribution in [0.3, 0.4) is 0 Å². The summed E-state index contributed by atoms with van der Waals surface area (Å²) >= 11 is 1.47. The van der Waals surface area contributed by atoms with Gasteiger partial charge in [-0.05, 0) is 16.3 Å². The quantitative estimate of drug-likeness (QED) is 0.753. The molecule has 1 heterocycles. The lowest BCUT2D eigenvalue weighted by Gasteiger charge is -2.07. The van der Waals surface area contributed by atoms with Crippen molar-refractivity contribution in [3.05, 3.63) is 54.2 Å². The van der Waals surface area contributed by atoms with E-state index in [1.165, 1.54) is 27.7 Å². The molecule has 3 rings (SSSR count). The second kappa shape index (κ2) is 4.66. The normalized spacial score (nSPS) is 10.7. The van der Waals surface area contributed by atoms with Crippen molar-refractivity contribution < 1.29 is 0 Å². The van der Waals surface area contributed by atoms with Crippen molar-refractivity contribution in [1.29, 1.82) is 0 Å². The molecule has 0 unspecified atom stereocenters. The molecule has 0 aliphatic carbocycles. The van der Waals surface area contributed by atoms with Gasteiger partial charge in [0.15, 0.2) is 5.13 Å². The predicted octanol–water partition coefficient (Wildman–Crippen LogP) is 3.49. The van der Waals surface area contributed by atoms with Crippen LogP contribution >= 0.6 is 11.3 Å². The summed E-state index contributed by atoms with van der Waals surface area (Å²) in [6.07, 6.45) is 1.68. The van der Waals surface area contributed by atoms with Crippen LogP contribution in [0.4, 0.5) is 10.1 Å². The molecular weight excluding hydrogens is 242 g/mol. The zero-order valence-corrected chi connectivity index (χ0v) is 10.6. The van der Waals surface area contributed by atoms with E-state index in [0.717, 1.165) is 16.7 Å². The number of nitrogens with zero attached hydrogens (tertiary/aromatic N) is 1. The highest BCUT2D eigenvalue weighted by Gasteiger charge is 2.02. The fourth-order valence-corrected chi connectivity index (χ4v) is 2.56. The Hall–Kier alpha value is -2.07. The summed E-state index contributed by atoms with van der Waals surface area (Å²) in [4.78, 5) is 4.19. The molecule has 3 nitrogen and oxygen atoms in total. The topological polar surface area (TPSA) is 50.9 Å². The minimum atomic E-state index is 0.732. The molecule has 0 fully saturated rings. The number of aromatic nitrogens is 1. The van der Waals surface area contributed by atoms with Crippen molar-refractivity contribution in [2.45, 2.75) is 6.54 Å². The van der Waals surface area contributed by atoms with Crippen LogP contribution in [0.5, 0.6) is 0 Å². The first-order valence-electron chi connectivity index (χ1n) is 5.75. The molecule has 0 bridgehead atoms. The summed E-state index contributed by atoms with van der Waals surface area (Å²) in [5.41, 5.74) is 6.92. The number of benzene rings is 2. The Bertz CT molecular complexity index is 670. The molecule has 0 atom stereocenters. The lowest BCUT2D eigenvalue weighted by molar-refractivity contribution is 1.15. The molecule has 2 aromatic carbocycles. The number of nitrogens with one attached hydrogen (secondary N) is 1. The second-order valence-electron chi connectivity index (χ2n) is 4.06. The van der Waals surface area contributed by atoms with Crippen LogP contribution in [0.2, 0.25) is 0 Å². The summed E-state index contributed by atoms with van der Waals surface area (Å²) in [5, 5.41) is 7.43. The minimum Gasteiger partial charge on any atom is -0.389 e. The van der Waals surface area contributed by atoms with Crippen molar-refractivity contribution in [1.82, 2.24) is 4.98 Å². The van der Waals surface area contributed by atoms with Gasteiger partial charge in [0.2, 0.25) is 0 Å². The Kier molecular flexibility index (Phi) is 2.86. The first-order valence-corrected chi connectivity index (χ1v) is 6.56. The van der Waals surface area contributed by atoms with Gasteiger partial charge < -0.3 is 11.1 Å². The molecule has 0 amide bonds. The van der Waals surface area contributed by atoms with Crippen LogP contribution in [-0.4, -0.2) is 4.98 Å². The smallest absolute Gasteiger partial charge is 0.184 e. The summed E-state index contributed by atoms with van der Waals surface area (Å²) in [6, 6.07) is 14.7. The Morgan fingerprint density at radius 1 is 1.11 bits per heavy atom. The predicted molar refractivity (Wildman–Crippen MR) is 77.8 cm³/mol. The number of anilines is 2. The molecule has 0 radical (unpaired) electrons. The van der Waals surface area contributed by atoms with Gasteiger partial charge in [-0.25, -0.2) is 4.98 Å². The standard InChI is InChI=1S/C14H13N3S/c15-13-9-17-14(18-13)16-8-11-6-3-5-10-4-1-2-7-12(10)11/h1-7,9H,8,15H2,(H,16,17). The molecule has 3 N–H and O–H groups in total. The van der Waals surface area contributed by atoms with Gasteiger partial charge in [-0.15, -0.1) is 0 Å². The van der Waals surface area contributed by atoms with Crippen molar-refractivity contribution in [2.24, 2.45) is 0 Å². The molecule has 18 heavy (non-hydrogen) atoms. The van der Waals surface area contributed by atoms with Crippen LogP contribution in [0.15, 0.2) is 48.7 Å². The fraction of sp³-hybridized carbons (Fsp3) is 0.0714. The van der Waals surface area contributed by atoms with Crippen LogP contribution in [0.1, 0.15) is 5.56 Å². The number of fused-ring (bicyclic) bond motifs is 1. The van der Waals surface area contributed by atoms with Crippen molar-refractivity contribution in [3.63, 3.8) is 0 Å². The second-order valence-corrected chi connectivity index (χ2v) is 5.12. The molecule has 3 aromatic rings. The van der Waals surface area contributed by atoms with Crippen LogP contribution in [-0.2, 0) is 6.54 Å². The maximum absolute atomic E-state index is 5.65. The van der Waals surface area contributed by atoms with Gasteiger partial charge in [-0.1, -0.05) is 53.8 Å². The van der Waals surface area contributed by atoms with E-state index in [1.54, 1.807) is 6.20 Å². The van der Waals surface area contributed by atoms with Gasteiger partial charge in [0, 0.05) is 6.54 Å². The van der Waals surface area contributed by atoms with Crippen molar-refractivity contribution >= 4 is 32.2 Å². The molecule has 4 heteroatoms. The number of hydrogen-bond acceptors (Lipinski definition) is 4. The van der Waals surface area contributed by atoms with Gasteiger partial charge in [-0.3, -0.25) is 0 Å². The SMILES string of the molecule is Nc1cnc(NCc2cccc3ccccc23)s1. The molecule has 0 aliphatic rings. The molecule has 0 spiro atoms. The third kappa shape index (κ3) is 2.15. The van der Waals surface area contributed by atoms with E-state index in [9.17, 15) is 0 Å². The van der Waals surface area contributed by atoms with Gasteiger partial charge in [-0.2, -0.15) is 0 Å². The van der Waals surface area contributed by atoms with E-state index >= 15 is 0 Å². The van der Waals surface area contributed by atoms with E-state index in [4.69, 9.17) is 5.73 Å². The largest absolute Gasteiger partial charge is 0.389 e. The zero-order chi connectivity index (χ0) is 12.4. The highest BCUT2D eigenvalue weighted by Crippen LogP contribution is 2.22. The summed E-state index contributed by atoms with van der Waals surface area (Å²) in [5.74, 6) is 0. The maximum Gasteiger partial charge on any atom is 0.184 e. The van der Waals surface area contributed by atoms with Crippen LogP contribution < -0.4 is 11.1 Å². The first kappa shape index (κ1) is 11.0. The molecule has 90 valence electrons. The van der Waals surface area contributed by atoms with E-state index in [-0.39, 0.29) is 0 Å². The number of nitrogen functional groups attached to an aromatic ring is 1. The maximum atomic E-state index is 5.65. The summed E-state index contributed by atoms with van der Waals surface area (Å²) in [6.45, 7) is 0.758. The van der Waals surface area contributed by atoms with Gasteiger partial charge >= 0.3 is 0 Å². The number of thiazole rings is 1. The Balaban J connectivity index is 1.86. The van der Waals surface area contributed by atoms with Crippen molar-refractivity contribution in [3.8, 4) is 0 Å². The summed E-state index contributed by atoms with van der Waals surface area (Å²) in [7, 11) is 0. The molecule has 0 saturated heterocycles. The Labute approximate surface area is 109 Å². The number of hydrogen-bond donors (Lipinski definition) is 2. The van der Waals surface area contributed by atoms with Gasteiger partial charge in [0.1, 0.15) is 5.00 Å². The molecular formula is C14H13N3S. The monoisotopic (exact) mass is 255 g/mol. The lowest BCUT2D eigenvalue weighted by Crippen LogP contribution is -1.99. The molecule has 0 aliphatic heterocycles. The zero-order valence-electron chi connectivity index (χ0n) is 9.76. The third-order valence-corrected chi connectivity index (χ3v) is 3.62. The Morgan fingerprint density at radius 2 is 1.94 bits per heavy atom. The Morgan fingerprint density at radius 3 is 2.78 bits per heavy atom. The van der Waals surface area contributed by atoms with Crippen molar-refractivity contribution in [2.75, 3.05) is 11.1 Å². The number of nitrogens with two attached hydrogens (primary N) is 1. The van der Waals surface area contributed by atoms with E-state index in [0.29, 0.717) is 0 Å². The lowest BCUT2D eigenvalue weighted by atomic mass is 10.0. The van der Waals surface area contributed by atoms with Crippen LogP contribution in [0, 0.1) is 0 Å². The average molecular weight is 255 g/mol. The third-order valence-electron chi connectivity index (χ3n) is 2.83. The molecule has 1 aromatic heterocycles. The number of rotatable bonds is 3. The fourth-order valence-electron chi connectivity index (χ4n) is 1.99. The van der Waals surface area contributed by atoms with Gasteiger partial charge in [0.05, 0.1) is 6.20 Å². The average Bonchev–Trinajstić information content (AvgIpc) is 2.82.